The summed E-state index contributed by atoms with van der Waals surface area (Å²) < 4.78 is 5.48. The Morgan fingerprint density at radius 1 is 1.38 bits per heavy atom. The van der Waals surface area contributed by atoms with Crippen LogP contribution in [0.5, 0.6) is 5.75 Å². The quantitative estimate of drug-likeness (QED) is 0.294. The highest BCUT2D eigenvalue weighted by Crippen LogP contribution is 2.23. The van der Waals surface area contributed by atoms with Crippen molar-refractivity contribution in [3.05, 3.63) is 58.1 Å². The number of nitrogens with zero attached hydrogens (tertiary/aromatic N) is 3. The first-order valence-electron chi connectivity index (χ1n) is 7.30. The number of hydrogen-bond acceptors (Lipinski definition) is 8. The summed E-state index contributed by atoms with van der Waals surface area (Å²) in [4.78, 5) is 26.2. The molecular weight excluding hydrogens is 360 g/mol. The monoisotopic (exact) mass is 372 g/mol. The van der Waals surface area contributed by atoms with Gasteiger partial charge in [-0.25, -0.2) is 10.4 Å². The maximum Gasteiger partial charge on any atom is 0.270 e. The minimum absolute atomic E-state index is 0.0189. The van der Waals surface area contributed by atoms with Gasteiger partial charge in [0.15, 0.2) is 5.58 Å². The van der Waals surface area contributed by atoms with E-state index in [1.807, 2.05) is 12.1 Å². The summed E-state index contributed by atoms with van der Waals surface area (Å²) in [6.07, 6.45) is 1.13. The Morgan fingerprint density at radius 3 is 2.96 bits per heavy atom. The number of thioether (sulfide) groups is 1. The number of para-hydroxylation sites is 2. The van der Waals surface area contributed by atoms with Crippen molar-refractivity contribution in [3.63, 3.8) is 0 Å². The van der Waals surface area contributed by atoms with Crippen molar-refractivity contribution in [1.82, 2.24) is 10.4 Å². The first kappa shape index (κ1) is 17.4. The second-order valence-electron chi connectivity index (χ2n) is 5.03. The second kappa shape index (κ2) is 7.66. The van der Waals surface area contributed by atoms with Gasteiger partial charge >= 0.3 is 0 Å². The maximum absolute atomic E-state index is 11.8. The number of rotatable bonds is 6. The highest BCUT2D eigenvalue weighted by Gasteiger charge is 2.10. The minimum Gasteiger partial charge on any atom is -0.507 e. The first-order valence-corrected chi connectivity index (χ1v) is 8.29. The molecule has 0 aliphatic carbocycles. The van der Waals surface area contributed by atoms with Crippen molar-refractivity contribution in [2.24, 2.45) is 5.10 Å². The Labute approximate surface area is 150 Å². The zero-order valence-electron chi connectivity index (χ0n) is 13.2. The number of non-ortho nitro benzene ring substituents is 1. The Kier molecular flexibility index (Phi) is 5.13. The van der Waals surface area contributed by atoms with E-state index in [0.717, 1.165) is 24.0 Å². The van der Waals surface area contributed by atoms with Gasteiger partial charge in [-0.2, -0.15) is 5.10 Å². The molecule has 0 aliphatic rings. The predicted octanol–water partition coefficient (Wildman–Crippen LogP) is 2.68. The van der Waals surface area contributed by atoms with E-state index >= 15 is 0 Å². The number of nitrogens with one attached hydrogen (secondary N) is 1. The van der Waals surface area contributed by atoms with Crippen LogP contribution >= 0.6 is 11.8 Å². The third-order valence-electron chi connectivity index (χ3n) is 3.22. The van der Waals surface area contributed by atoms with E-state index < -0.39 is 10.8 Å². The lowest BCUT2D eigenvalue weighted by molar-refractivity contribution is -0.384. The topological polar surface area (TPSA) is 131 Å². The van der Waals surface area contributed by atoms with Gasteiger partial charge in [-0.05, 0) is 18.2 Å². The number of amides is 1. The van der Waals surface area contributed by atoms with Crippen LogP contribution in [0.1, 0.15) is 5.56 Å². The SMILES string of the molecule is O=C(CSc1nc2ccccc2o1)NN=Cc1cc([N+](=O)[O-])ccc1O. The number of benzene rings is 2. The largest absolute Gasteiger partial charge is 0.507 e. The fraction of sp³-hybridized carbons (Fsp3) is 0.0625. The van der Waals surface area contributed by atoms with Crippen LogP contribution in [-0.4, -0.2) is 32.9 Å². The Morgan fingerprint density at radius 2 is 2.19 bits per heavy atom. The fourth-order valence-corrected chi connectivity index (χ4v) is 2.64. The molecule has 26 heavy (non-hydrogen) atoms. The van der Waals surface area contributed by atoms with Crippen LogP contribution in [0.3, 0.4) is 0 Å². The number of fused-ring (bicyclic) bond motifs is 1. The van der Waals surface area contributed by atoms with Gasteiger partial charge < -0.3 is 9.52 Å². The molecule has 9 nitrogen and oxygen atoms in total. The molecule has 1 aromatic heterocycles. The van der Waals surface area contributed by atoms with E-state index in [0.29, 0.717) is 16.3 Å². The average Bonchev–Trinajstić information content (AvgIpc) is 3.04. The van der Waals surface area contributed by atoms with Gasteiger partial charge in [0, 0.05) is 17.7 Å². The van der Waals surface area contributed by atoms with Gasteiger partial charge in [0.05, 0.1) is 16.9 Å². The fourth-order valence-electron chi connectivity index (χ4n) is 2.01. The molecule has 0 saturated carbocycles. The van der Waals surface area contributed by atoms with Crippen molar-refractivity contribution in [2.45, 2.75) is 5.22 Å². The first-order chi connectivity index (χ1) is 12.5. The van der Waals surface area contributed by atoms with Crippen LogP contribution in [0.4, 0.5) is 5.69 Å². The molecule has 132 valence electrons. The average molecular weight is 372 g/mol. The Balaban J connectivity index is 1.56. The number of carbonyl (C=O) groups is 1. The van der Waals surface area contributed by atoms with Gasteiger partial charge in [-0.15, -0.1) is 0 Å². The third-order valence-corrected chi connectivity index (χ3v) is 4.04. The summed E-state index contributed by atoms with van der Waals surface area (Å²) in [6.45, 7) is 0. The lowest BCUT2D eigenvalue weighted by Crippen LogP contribution is -2.19. The summed E-state index contributed by atoms with van der Waals surface area (Å²) in [6, 6.07) is 10.8. The van der Waals surface area contributed by atoms with Gasteiger partial charge in [-0.1, -0.05) is 23.9 Å². The van der Waals surface area contributed by atoms with E-state index in [2.05, 4.69) is 15.5 Å². The van der Waals surface area contributed by atoms with Crippen LogP contribution < -0.4 is 5.43 Å². The van der Waals surface area contributed by atoms with Crippen LogP contribution in [0.15, 0.2) is 57.2 Å². The third kappa shape index (κ3) is 4.16. The number of hydrogen-bond donors (Lipinski definition) is 2. The molecule has 1 amide bonds. The van der Waals surface area contributed by atoms with Crippen LogP contribution in [0, 0.1) is 10.1 Å². The van der Waals surface area contributed by atoms with E-state index in [1.165, 1.54) is 12.1 Å². The van der Waals surface area contributed by atoms with Gasteiger partial charge in [0.2, 0.25) is 0 Å². The highest BCUT2D eigenvalue weighted by atomic mass is 32.2. The molecule has 2 aromatic carbocycles. The molecule has 0 bridgehead atoms. The molecular formula is C16H12N4O5S. The van der Waals surface area contributed by atoms with Crippen molar-refractivity contribution in [3.8, 4) is 5.75 Å². The summed E-state index contributed by atoms with van der Waals surface area (Å²) in [5, 5.41) is 24.4. The van der Waals surface area contributed by atoms with Crippen molar-refractivity contribution in [2.75, 3.05) is 5.75 Å². The highest BCUT2D eigenvalue weighted by molar-refractivity contribution is 7.99. The van der Waals surface area contributed by atoms with Gasteiger partial charge in [0.1, 0.15) is 11.3 Å². The molecule has 2 N–H and O–H groups in total. The van der Waals surface area contributed by atoms with E-state index in [-0.39, 0.29) is 22.8 Å². The molecule has 3 aromatic rings. The van der Waals surface area contributed by atoms with Crippen molar-refractivity contribution < 1.29 is 19.2 Å². The van der Waals surface area contributed by atoms with Crippen LogP contribution in [0.2, 0.25) is 0 Å². The number of phenols is 1. The molecule has 0 saturated heterocycles. The molecule has 1 heterocycles. The van der Waals surface area contributed by atoms with Gasteiger partial charge in [-0.3, -0.25) is 14.9 Å². The number of nitro groups is 1. The van der Waals surface area contributed by atoms with E-state index in [1.54, 1.807) is 12.1 Å². The number of phenolic OH excluding ortho intramolecular Hbond substituents is 1. The van der Waals surface area contributed by atoms with Crippen molar-refractivity contribution in [1.29, 1.82) is 0 Å². The second-order valence-corrected chi connectivity index (χ2v) is 5.96. The zero-order valence-corrected chi connectivity index (χ0v) is 14.0. The maximum atomic E-state index is 11.8. The Hall–Kier alpha value is -3.40. The standard InChI is InChI=1S/C16H12N4O5S/c21-13-6-5-11(20(23)24)7-10(13)8-17-19-15(22)9-26-16-18-12-3-1-2-4-14(12)25-16/h1-8,21H,9H2,(H,19,22). The molecule has 0 atom stereocenters. The number of aromatic hydroxyl groups is 1. The number of oxazole rings is 1. The van der Waals surface area contributed by atoms with E-state index in [4.69, 9.17) is 4.42 Å². The van der Waals surface area contributed by atoms with Gasteiger partial charge in [0.25, 0.3) is 16.8 Å². The summed E-state index contributed by atoms with van der Waals surface area (Å²) >= 11 is 1.11. The predicted molar refractivity (Wildman–Crippen MR) is 95.2 cm³/mol. The lowest BCUT2D eigenvalue weighted by atomic mass is 10.2. The normalized spacial score (nSPS) is 11.1. The summed E-state index contributed by atoms with van der Waals surface area (Å²) in [5.41, 5.74) is 3.53. The number of carbonyl (C=O) groups excluding carboxylic acids is 1. The van der Waals surface area contributed by atoms with Crippen LogP contribution in [-0.2, 0) is 4.79 Å². The molecule has 0 aliphatic heterocycles. The lowest BCUT2D eigenvalue weighted by Gasteiger charge is -1.99. The molecule has 0 radical (unpaired) electrons. The smallest absolute Gasteiger partial charge is 0.270 e. The molecule has 0 fully saturated rings. The molecule has 10 heteroatoms. The van der Waals surface area contributed by atoms with Crippen molar-refractivity contribution >= 4 is 40.7 Å². The van der Waals surface area contributed by atoms with E-state index in [9.17, 15) is 20.0 Å². The molecule has 3 rings (SSSR count). The molecule has 0 unspecified atom stereocenters. The number of nitro benzene ring substituents is 1. The Bertz CT molecular complexity index is 968. The summed E-state index contributed by atoms with van der Waals surface area (Å²) in [7, 11) is 0. The zero-order chi connectivity index (χ0) is 18.5. The molecule has 0 spiro atoms. The minimum atomic E-state index is -0.591. The number of hydrazone groups is 1. The number of aromatic nitrogens is 1. The van der Waals surface area contributed by atoms with Crippen LogP contribution in [0.25, 0.3) is 11.1 Å². The summed E-state index contributed by atoms with van der Waals surface area (Å²) in [5.74, 6) is -0.585.